The fourth-order valence-corrected chi connectivity index (χ4v) is 1.28. The van der Waals surface area contributed by atoms with Gasteiger partial charge in [-0.3, -0.25) is 0 Å². The summed E-state index contributed by atoms with van der Waals surface area (Å²) in [5.74, 6) is 0.759. The van der Waals surface area contributed by atoms with Crippen molar-refractivity contribution in [2.24, 2.45) is 5.92 Å². The summed E-state index contributed by atoms with van der Waals surface area (Å²) in [7, 11) is 0. The SMILES string of the molecule is CCNCc1cn(CCC(C)C)cn1. The molecule has 0 bridgehead atoms. The fraction of sp³-hybridized carbons (Fsp3) is 0.727. The third kappa shape index (κ3) is 3.92. The van der Waals surface area contributed by atoms with E-state index in [4.69, 9.17) is 0 Å². The molecule has 0 saturated heterocycles. The van der Waals surface area contributed by atoms with Crippen molar-refractivity contribution in [2.45, 2.75) is 40.3 Å². The van der Waals surface area contributed by atoms with Crippen LogP contribution in [0.3, 0.4) is 0 Å². The maximum absolute atomic E-state index is 4.33. The van der Waals surface area contributed by atoms with Crippen molar-refractivity contribution in [3.63, 3.8) is 0 Å². The van der Waals surface area contributed by atoms with Gasteiger partial charge in [0.25, 0.3) is 0 Å². The van der Waals surface area contributed by atoms with E-state index in [0.29, 0.717) is 0 Å². The maximum atomic E-state index is 4.33. The van der Waals surface area contributed by atoms with Crippen LogP contribution in [0.2, 0.25) is 0 Å². The second-order valence-electron chi connectivity index (χ2n) is 4.07. The summed E-state index contributed by atoms with van der Waals surface area (Å²) in [4.78, 5) is 4.33. The molecule has 0 fully saturated rings. The molecule has 0 spiro atoms. The molecule has 3 heteroatoms. The molecule has 0 aliphatic rings. The number of hydrogen-bond acceptors (Lipinski definition) is 2. The van der Waals surface area contributed by atoms with Crippen LogP contribution in [0, 0.1) is 5.92 Å². The molecule has 0 aliphatic heterocycles. The highest BCUT2D eigenvalue weighted by Crippen LogP contribution is 2.03. The molecule has 0 amide bonds. The Hall–Kier alpha value is -0.830. The van der Waals surface area contributed by atoms with Crippen LogP contribution in [0.25, 0.3) is 0 Å². The van der Waals surface area contributed by atoms with Crippen LogP contribution in [-0.4, -0.2) is 16.1 Å². The molecule has 0 saturated carbocycles. The van der Waals surface area contributed by atoms with Gasteiger partial charge in [0.2, 0.25) is 0 Å². The molecule has 1 aromatic rings. The van der Waals surface area contributed by atoms with Gasteiger partial charge in [-0.25, -0.2) is 4.98 Å². The predicted octanol–water partition coefficient (Wildman–Crippen LogP) is 2.04. The summed E-state index contributed by atoms with van der Waals surface area (Å²) in [6.07, 6.45) is 5.27. The fourth-order valence-electron chi connectivity index (χ4n) is 1.28. The molecule has 1 heterocycles. The lowest BCUT2D eigenvalue weighted by Crippen LogP contribution is -2.11. The molecule has 0 aromatic carbocycles. The molecule has 14 heavy (non-hydrogen) atoms. The van der Waals surface area contributed by atoms with Gasteiger partial charge < -0.3 is 9.88 Å². The molecule has 0 radical (unpaired) electrons. The smallest absolute Gasteiger partial charge is 0.0949 e. The third-order valence-corrected chi connectivity index (χ3v) is 2.21. The minimum atomic E-state index is 0.759. The van der Waals surface area contributed by atoms with E-state index in [0.717, 1.165) is 31.2 Å². The topological polar surface area (TPSA) is 29.9 Å². The first-order valence-corrected chi connectivity index (χ1v) is 5.43. The summed E-state index contributed by atoms with van der Waals surface area (Å²) >= 11 is 0. The number of aromatic nitrogens is 2. The molecule has 0 aliphatic carbocycles. The Morgan fingerprint density at radius 2 is 2.29 bits per heavy atom. The average Bonchev–Trinajstić information content (AvgIpc) is 2.59. The van der Waals surface area contributed by atoms with Crippen LogP contribution in [0.15, 0.2) is 12.5 Å². The van der Waals surface area contributed by atoms with Crippen molar-refractivity contribution in [2.75, 3.05) is 6.54 Å². The van der Waals surface area contributed by atoms with E-state index < -0.39 is 0 Å². The average molecular weight is 195 g/mol. The van der Waals surface area contributed by atoms with Crippen molar-refractivity contribution in [3.05, 3.63) is 18.2 Å². The molecule has 1 aromatic heterocycles. The van der Waals surface area contributed by atoms with E-state index in [2.05, 4.69) is 41.8 Å². The number of hydrogen-bond donors (Lipinski definition) is 1. The lowest BCUT2D eigenvalue weighted by molar-refractivity contribution is 0.516. The first kappa shape index (κ1) is 11.2. The molecule has 1 rings (SSSR count). The number of nitrogens with one attached hydrogen (secondary N) is 1. The molecule has 0 unspecified atom stereocenters. The van der Waals surface area contributed by atoms with E-state index in [1.165, 1.54) is 6.42 Å². The van der Waals surface area contributed by atoms with Gasteiger partial charge >= 0.3 is 0 Å². The van der Waals surface area contributed by atoms with Crippen molar-refractivity contribution >= 4 is 0 Å². The quantitative estimate of drug-likeness (QED) is 0.752. The second-order valence-corrected chi connectivity index (χ2v) is 4.07. The van der Waals surface area contributed by atoms with Crippen LogP contribution in [0.5, 0.6) is 0 Å². The van der Waals surface area contributed by atoms with Gasteiger partial charge in [-0.1, -0.05) is 20.8 Å². The first-order chi connectivity index (χ1) is 6.72. The zero-order valence-corrected chi connectivity index (χ0v) is 9.45. The monoisotopic (exact) mass is 195 g/mol. The van der Waals surface area contributed by atoms with Crippen LogP contribution < -0.4 is 5.32 Å². The summed E-state index contributed by atoms with van der Waals surface area (Å²) in [5, 5.41) is 3.27. The largest absolute Gasteiger partial charge is 0.337 e. The highest BCUT2D eigenvalue weighted by molar-refractivity contribution is 4.95. The van der Waals surface area contributed by atoms with E-state index in [9.17, 15) is 0 Å². The Kier molecular flexibility index (Phi) is 4.66. The first-order valence-electron chi connectivity index (χ1n) is 5.43. The number of aryl methyl sites for hydroxylation is 1. The lowest BCUT2D eigenvalue weighted by Gasteiger charge is -2.04. The van der Waals surface area contributed by atoms with Gasteiger partial charge in [-0.2, -0.15) is 0 Å². The number of imidazole rings is 1. The van der Waals surface area contributed by atoms with Crippen molar-refractivity contribution in [1.82, 2.24) is 14.9 Å². The van der Waals surface area contributed by atoms with Crippen LogP contribution in [0.1, 0.15) is 32.9 Å². The minimum absolute atomic E-state index is 0.759. The summed E-state index contributed by atoms with van der Waals surface area (Å²) in [6.45, 7) is 9.56. The zero-order chi connectivity index (χ0) is 10.4. The molecule has 0 atom stereocenters. The van der Waals surface area contributed by atoms with E-state index in [-0.39, 0.29) is 0 Å². The predicted molar refractivity (Wildman–Crippen MR) is 59.1 cm³/mol. The van der Waals surface area contributed by atoms with E-state index in [1.54, 1.807) is 0 Å². The Balaban J connectivity index is 2.35. The summed E-state index contributed by atoms with van der Waals surface area (Å²) < 4.78 is 2.17. The van der Waals surface area contributed by atoms with Crippen LogP contribution >= 0.6 is 0 Å². The normalized spacial score (nSPS) is 11.1. The van der Waals surface area contributed by atoms with Crippen molar-refractivity contribution in [3.8, 4) is 0 Å². The van der Waals surface area contributed by atoms with Crippen LogP contribution in [-0.2, 0) is 13.1 Å². The minimum Gasteiger partial charge on any atom is -0.337 e. The van der Waals surface area contributed by atoms with Gasteiger partial charge in [-0.15, -0.1) is 0 Å². The van der Waals surface area contributed by atoms with E-state index >= 15 is 0 Å². The Morgan fingerprint density at radius 1 is 1.50 bits per heavy atom. The highest BCUT2D eigenvalue weighted by Gasteiger charge is 1.99. The highest BCUT2D eigenvalue weighted by atomic mass is 15.0. The van der Waals surface area contributed by atoms with Gasteiger partial charge in [0.15, 0.2) is 0 Å². The van der Waals surface area contributed by atoms with Gasteiger partial charge in [0.05, 0.1) is 12.0 Å². The Morgan fingerprint density at radius 3 is 2.93 bits per heavy atom. The molecule has 80 valence electrons. The van der Waals surface area contributed by atoms with E-state index in [1.807, 2.05) is 6.33 Å². The van der Waals surface area contributed by atoms with Crippen LogP contribution in [0.4, 0.5) is 0 Å². The molecular weight excluding hydrogens is 174 g/mol. The second kappa shape index (κ2) is 5.81. The summed E-state index contributed by atoms with van der Waals surface area (Å²) in [5.41, 5.74) is 1.13. The summed E-state index contributed by atoms with van der Waals surface area (Å²) in [6, 6.07) is 0. The van der Waals surface area contributed by atoms with Crippen molar-refractivity contribution in [1.29, 1.82) is 0 Å². The van der Waals surface area contributed by atoms with Gasteiger partial charge in [0.1, 0.15) is 0 Å². The third-order valence-electron chi connectivity index (χ3n) is 2.21. The Bertz CT molecular complexity index is 253. The van der Waals surface area contributed by atoms with Crippen molar-refractivity contribution < 1.29 is 0 Å². The number of nitrogens with zero attached hydrogens (tertiary/aromatic N) is 2. The Labute approximate surface area is 86.5 Å². The zero-order valence-electron chi connectivity index (χ0n) is 9.45. The molecule has 1 N–H and O–H groups in total. The van der Waals surface area contributed by atoms with Gasteiger partial charge in [0, 0.05) is 19.3 Å². The standard InChI is InChI=1S/C11H21N3/c1-4-12-7-11-8-14(9-13-11)6-5-10(2)3/h8-10,12H,4-7H2,1-3H3. The lowest BCUT2D eigenvalue weighted by atomic mass is 10.1. The molecular formula is C11H21N3. The van der Waals surface area contributed by atoms with Gasteiger partial charge in [-0.05, 0) is 18.9 Å². The molecule has 3 nitrogen and oxygen atoms in total. The number of rotatable bonds is 6. The maximum Gasteiger partial charge on any atom is 0.0949 e.